The van der Waals surface area contributed by atoms with Crippen molar-refractivity contribution < 1.29 is 0 Å². The van der Waals surface area contributed by atoms with Gasteiger partial charge in [-0.3, -0.25) is 4.90 Å². The van der Waals surface area contributed by atoms with E-state index < -0.39 is 0 Å². The van der Waals surface area contributed by atoms with E-state index in [-0.39, 0.29) is 0 Å². The molecular formula is C15H22ClN3S. The lowest BCUT2D eigenvalue weighted by Gasteiger charge is -2.39. The Bertz CT molecular complexity index is 484. The Kier molecular flexibility index (Phi) is 5.24. The number of benzene rings is 1. The van der Waals surface area contributed by atoms with E-state index in [9.17, 15) is 0 Å². The highest BCUT2D eigenvalue weighted by molar-refractivity contribution is 7.80. The number of piperazine rings is 1. The van der Waals surface area contributed by atoms with Gasteiger partial charge in [-0.05, 0) is 31.5 Å². The van der Waals surface area contributed by atoms with E-state index >= 15 is 0 Å². The minimum Gasteiger partial charge on any atom is -0.389 e. The average Bonchev–Trinajstić information content (AvgIpc) is 2.46. The highest BCUT2D eigenvalue weighted by Gasteiger charge is 2.22. The van der Waals surface area contributed by atoms with Crippen LogP contribution >= 0.6 is 23.8 Å². The maximum absolute atomic E-state index is 6.04. The quantitative estimate of drug-likeness (QED) is 0.867. The zero-order chi connectivity index (χ0) is 14.7. The first-order valence-corrected chi connectivity index (χ1v) is 7.90. The monoisotopic (exact) mass is 311 g/mol. The standard InChI is InChI=1S/C15H22ClN3S/c1-3-11(2)18-6-8-19(9-7-18)14-5-4-12(16)10-13(14)15(17)20/h4-5,10-11H,3,6-9H2,1-2H3,(H2,17,20). The maximum atomic E-state index is 6.04. The van der Waals surface area contributed by atoms with Crippen molar-refractivity contribution in [3.05, 3.63) is 28.8 Å². The summed E-state index contributed by atoms with van der Waals surface area (Å²) in [6, 6.07) is 6.44. The van der Waals surface area contributed by atoms with Gasteiger partial charge in [0.15, 0.2) is 0 Å². The normalized spacial score (nSPS) is 18.1. The summed E-state index contributed by atoms with van der Waals surface area (Å²) in [6.45, 7) is 8.69. The van der Waals surface area contributed by atoms with Crippen LogP contribution in [0.25, 0.3) is 0 Å². The molecule has 1 heterocycles. The number of thiocarbonyl (C=S) groups is 1. The van der Waals surface area contributed by atoms with Crippen molar-refractivity contribution in [1.82, 2.24) is 4.90 Å². The van der Waals surface area contributed by atoms with Crippen LogP contribution in [0.15, 0.2) is 18.2 Å². The molecule has 2 N–H and O–H groups in total. The molecule has 1 saturated heterocycles. The second-order valence-corrected chi connectivity index (χ2v) is 6.18. The zero-order valence-corrected chi connectivity index (χ0v) is 13.7. The minimum atomic E-state index is 0.409. The fourth-order valence-corrected chi connectivity index (χ4v) is 2.98. The van der Waals surface area contributed by atoms with Crippen molar-refractivity contribution in [3.8, 4) is 0 Å². The van der Waals surface area contributed by atoms with Crippen LogP contribution in [-0.2, 0) is 0 Å². The second kappa shape index (κ2) is 6.74. The zero-order valence-electron chi connectivity index (χ0n) is 12.1. The molecule has 0 saturated carbocycles. The largest absolute Gasteiger partial charge is 0.389 e. The van der Waals surface area contributed by atoms with Crippen LogP contribution in [0, 0.1) is 0 Å². The van der Waals surface area contributed by atoms with Crippen LogP contribution in [0.4, 0.5) is 5.69 Å². The van der Waals surface area contributed by atoms with Gasteiger partial charge in [-0.1, -0.05) is 30.7 Å². The third-order valence-corrected chi connectivity index (χ3v) is 4.55. The first-order valence-electron chi connectivity index (χ1n) is 7.11. The van der Waals surface area contributed by atoms with Crippen molar-refractivity contribution in [1.29, 1.82) is 0 Å². The molecule has 0 bridgehead atoms. The Labute approximate surface area is 131 Å². The Morgan fingerprint density at radius 2 is 2.00 bits per heavy atom. The predicted molar refractivity (Wildman–Crippen MR) is 90.9 cm³/mol. The summed E-state index contributed by atoms with van der Waals surface area (Å²) in [7, 11) is 0. The van der Waals surface area contributed by atoms with Crippen LogP contribution < -0.4 is 10.6 Å². The van der Waals surface area contributed by atoms with Crippen molar-refractivity contribution >= 4 is 34.5 Å². The molecule has 0 radical (unpaired) electrons. The molecule has 5 heteroatoms. The van der Waals surface area contributed by atoms with E-state index in [1.54, 1.807) is 0 Å². The van der Waals surface area contributed by atoms with Crippen LogP contribution in [0.1, 0.15) is 25.8 Å². The lowest BCUT2D eigenvalue weighted by Crippen LogP contribution is -2.49. The predicted octanol–water partition coefficient (Wildman–Crippen LogP) is 2.89. The molecule has 1 aromatic rings. The van der Waals surface area contributed by atoms with E-state index in [2.05, 4.69) is 23.6 Å². The summed E-state index contributed by atoms with van der Waals surface area (Å²) in [5, 5.41) is 0.676. The summed E-state index contributed by atoms with van der Waals surface area (Å²) in [5.41, 5.74) is 7.80. The van der Waals surface area contributed by atoms with E-state index in [0.717, 1.165) is 37.4 Å². The molecule has 3 nitrogen and oxygen atoms in total. The molecule has 0 aliphatic carbocycles. The van der Waals surface area contributed by atoms with Crippen LogP contribution in [0.5, 0.6) is 0 Å². The lowest BCUT2D eigenvalue weighted by atomic mass is 10.1. The maximum Gasteiger partial charge on any atom is 0.106 e. The molecule has 0 spiro atoms. The number of nitrogens with two attached hydrogens (primary N) is 1. The van der Waals surface area contributed by atoms with Gasteiger partial charge in [0.25, 0.3) is 0 Å². The van der Waals surface area contributed by atoms with Crippen LogP contribution in [0.3, 0.4) is 0 Å². The van der Waals surface area contributed by atoms with Gasteiger partial charge in [-0.2, -0.15) is 0 Å². The lowest BCUT2D eigenvalue weighted by molar-refractivity contribution is 0.193. The second-order valence-electron chi connectivity index (χ2n) is 5.31. The van der Waals surface area contributed by atoms with Crippen molar-refractivity contribution in [2.24, 2.45) is 5.73 Å². The van der Waals surface area contributed by atoms with Crippen molar-refractivity contribution in [2.45, 2.75) is 26.3 Å². The summed E-state index contributed by atoms with van der Waals surface area (Å²) in [4.78, 5) is 5.29. The van der Waals surface area contributed by atoms with Crippen LogP contribution in [-0.4, -0.2) is 42.1 Å². The number of hydrogen-bond donors (Lipinski definition) is 1. The summed E-state index contributed by atoms with van der Waals surface area (Å²) >= 11 is 11.2. The first kappa shape index (κ1) is 15.5. The molecule has 1 aliphatic heterocycles. The van der Waals surface area contributed by atoms with Crippen molar-refractivity contribution in [2.75, 3.05) is 31.1 Å². The molecule has 1 unspecified atom stereocenters. The Balaban J connectivity index is 2.13. The van der Waals surface area contributed by atoms with E-state index in [1.165, 1.54) is 6.42 Å². The third-order valence-electron chi connectivity index (χ3n) is 4.09. The molecule has 1 aliphatic rings. The summed E-state index contributed by atoms with van der Waals surface area (Å²) in [5.74, 6) is 0. The van der Waals surface area contributed by atoms with Gasteiger partial charge in [0.1, 0.15) is 4.99 Å². The van der Waals surface area contributed by atoms with Gasteiger partial charge in [-0.25, -0.2) is 0 Å². The fourth-order valence-electron chi connectivity index (χ4n) is 2.64. The number of hydrogen-bond acceptors (Lipinski definition) is 3. The Hall–Kier alpha value is -0.840. The number of nitrogens with zero attached hydrogens (tertiary/aromatic N) is 2. The highest BCUT2D eigenvalue weighted by atomic mass is 35.5. The SMILES string of the molecule is CCC(C)N1CCN(c2ccc(Cl)cc2C(N)=S)CC1. The topological polar surface area (TPSA) is 32.5 Å². The van der Waals surface area contributed by atoms with Gasteiger partial charge in [0.05, 0.1) is 0 Å². The fraction of sp³-hybridized carbons (Fsp3) is 0.533. The Morgan fingerprint density at radius 1 is 1.35 bits per heavy atom. The van der Waals surface area contributed by atoms with E-state index in [4.69, 9.17) is 29.6 Å². The van der Waals surface area contributed by atoms with Crippen LogP contribution in [0.2, 0.25) is 5.02 Å². The Morgan fingerprint density at radius 3 is 2.55 bits per heavy atom. The molecule has 110 valence electrons. The van der Waals surface area contributed by atoms with Gasteiger partial charge in [-0.15, -0.1) is 0 Å². The van der Waals surface area contributed by atoms with Gasteiger partial charge in [0, 0.05) is 48.5 Å². The number of rotatable bonds is 4. The van der Waals surface area contributed by atoms with E-state index in [1.807, 2.05) is 18.2 Å². The molecule has 20 heavy (non-hydrogen) atoms. The van der Waals surface area contributed by atoms with Gasteiger partial charge < -0.3 is 10.6 Å². The molecule has 2 rings (SSSR count). The van der Waals surface area contributed by atoms with E-state index in [0.29, 0.717) is 16.1 Å². The van der Waals surface area contributed by atoms with Gasteiger partial charge >= 0.3 is 0 Å². The number of anilines is 1. The number of halogens is 1. The first-order chi connectivity index (χ1) is 9.52. The van der Waals surface area contributed by atoms with Crippen molar-refractivity contribution in [3.63, 3.8) is 0 Å². The third kappa shape index (κ3) is 3.43. The summed E-state index contributed by atoms with van der Waals surface area (Å²) in [6.07, 6.45) is 1.19. The van der Waals surface area contributed by atoms with Gasteiger partial charge in [0.2, 0.25) is 0 Å². The smallest absolute Gasteiger partial charge is 0.106 e. The summed E-state index contributed by atoms with van der Waals surface area (Å²) < 4.78 is 0. The molecule has 0 amide bonds. The molecule has 0 aromatic heterocycles. The molecule has 1 aromatic carbocycles. The highest BCUT2D eigenvalue weighted by Crippen LogP contribution is 2.26. The average molecular weight is 312 g/mol. The molecule has 1 fully saturated rings. The molecule has 1 atom stereocenters. The minimum absolute atomic E-state index is 0.409. The molecular weight excluding hydrogens is 290 g/mol.